The minimum atomic E-state index is -0.339. The van der Waals surface area contributed by atoms with E-state index in [9.17, 15) is 4.79 Å². The number of esters is 1. The van der Waals surface area contributed by atoms with Gasteiger partial charge in [0.15, 0.2) is 17.3 Å². The van der Waals surface area contributed by atoms with Crippen LogP contribution in [0.25, 0.3) is 11.4 Å². The number of thioether (sulfide) groups is 1. The van der Waals surface area contributed by atoms with Gasteiger partial charge in [-0.1, -0.05) is 11.8 Å². The van der Waals surface area contributed by atoms with Crippen molar-refractivity contribution in [2.24, 2.45) is 0 Å². The standard InChI is InChI=1S/C14H17N3O5S/c1-19-9-5-8(6-10(20-2)12(9)22-4)13-15-14(17-16-13)23-7-11(18)21-3/h5-6H,7H2,1-4H3,(H,15,16,17). The van der Waals surface area contributed by atoms with Gasteiger partial charge >= 0.3 is 5.97 Å². The quantitative estimate of drug-likeness (QED) is 0.602. The van der Waals surface area contributed by atoms with Crippen molar-refractivity contribution in [3.63, 3.8) is 0 Å². The largest absolute Gasteiger partial charge is 0.493 e. The summed E-state index contributed by atoms with van der Waals surface area (Å²) in [5.74, 6) is 1.86. The molecule has 1 heterocycles. The number of nitrogens with one attached hydrogen (secondary N) is 1. The molecule has 1 aromatic heterocycles. The zero-order chi connectivity index (χ0) is 16.8. The zero-order valence-corrected chi connectivity index (χ0v) is 14.0. The first kappa shape index (κ1) is 16.9. The van der Waals surface area contributed by atoms with E-state index < -0.39 is 0 Å². The van der Waals surface area contributed by atoms with E-state index in [0.717, 1.165) is 5.56 Å². The lowest BCUT2D eigenvalue weighted by Crippen LogP contribution is -2.03. The van der Waals surface area contributed by atoms with Crippen molar-refractivity contribution in [2.45, 2.75) is 5.16 Å². The SMILES string of the molecule is COC(=O)CSc1n[nH]c(-c2cc(OC)c(OC)c(OC)c2)n1. The molecule has 0 aliphatic rings. The molecule has 0 fully saturated rings. The summed E-state index contributed by atoms with van der Waals surface area (Å²) in [5.41, 5.74) is 0.719. The van der Waals surface area contributed by atoms with Crippen molar-refractivity contribution in [3.05, 3.63) is 12.1 Å². The van der Waals surface area contributed by atoms with Crippen LogP contribution in [-0.4, -0.2) is 55.3 Å². The molecule has 0 bridgehead atoms. The average Bonchev–Trinajstić information content (AvgIpc) is 3.07. The molecular weight excluding hydrogens is 322 g/mol. The highest BCUT2D eigenvalue weighted by Crippen LogP contribution is 2.40. The number of methoxy groups -OCH3 is 4. The van der Waals surface area contributed by atoms with Crippen LogP contribution < -0.4 is 14.2 Å². The van der Waals surface area contributed by atoms with Gasteiger partial charge < -0.3 is 18.9 Å². The Morgan fingerprint density at radius 3 is 2.30 bits per heavy atom. The third kappa shape index (κ3) is 3.86. The highest BCUT2D eigenvalue weighted by molar-refractivity contribution is 7.99. The summed E-state index contributed by atoms with van der Waals surface area (Å²) in [5, 5.41) is 7.32. The second-order valence-corrected chi connectivity index (χ2v) is 5.19. The summed E-state index contributed by atoms with van der Waals surface area (Å²) in [6.07, 6.45) is 0. The lowest BCUT2D eigenvalue weighted by molar-refractivity contribution is -0.137. The van der Waals surface area contributed by atoms with Gasteiger partial charge in [-0.05, 0) is 12.1 Å². The number of aromatic nitrogens is 3. The molecule has 0 amide bonds. The molecule has 2 rings (SSSR count). The first-order valence-electron chi connectivity index (χ1n) is 6.55. The molecule has 0 unspecified atom stereocenters. The number of carbonyl (C=O) groups is 1. The second-order valence-electron chi connectivity index (χ2n) is 4.25. The van der Waals surface area contributed by atoms with Gasteiger partial charge in [0, 0.05) is 5.56 Å². The zero-order valence-electron chi connectivity index (χ0n) is 13.2. The Morgan fingerprint density at radius 2 is 1.78 bits per heavy atom. The van der Waals surface area contributed by atoms with Gasteiger partial charge in [-0.15, -0.1) is 5.10 Å². The minimum absolute atomic E-state index is 0.142. The van der Waals surface area contributed by atoms with Crippen LogP contribution in [0.3, 0.4) is 0 Å². The number of hydrogen-bond donors (Lipinski definition) is 1. The normalized spacial score (nSPS) is 10.3. The fraction of sp³-hybridized carbons (Fsp3) is 0.357. The smallest absolute Gasteiger partial charge is 0.316 e. The molecule has 0 aliphatic carbocycles. The highest BCUT2D eigenvalue weighted by Gasteiger charge is 2.16. The molecule has 1 aromatic carbocycles. The van der Waals surface area contributed by atoms with E-state index in [4.69, 9.17) is 14.2 Å². The van der Waals surface area contributed by atoms with Crippen LogP contribution in [0.4, 0.5) is 0 Å². The molecule has 23 heavy (non-hydrogen) atoms. The number of nitrogens with zero attached hydrogens (tertiary/aromatic N) is 2. The fourth-order valence-corrected chi connectivity index (χ4v) is 2.47. The summed E-state index contributed by atoms with van der Waals surface area (Å²) in [6.45, 7) is 0. The van der Waals surface area contributed by atoms with Crippen molar-refractivity contribution < 1.29 is 23.7 Å². The van der Waals surface area contributed by atoms with E-state index in [1.165, 1.54) is 26.0 Å². The van der Waals surface area contributed by atoms with Crippen molar-refractivity contribution in [2.75, 3.05) is 34.2 Å². The summed E-state index contributed by atoms with van der Waals surface area (Å²) >= 11 is 1.18. The molecule has 0 saturated heterocycles. The maximum atomic E-state index is 11.1. The van der Waals surface area contributed by atoms with Crippen molar-refractivity contribution >= 4 is 17.7 Å². The Hall–Kier alpha value is -2.42. The van der Waals surface area contributed by atoms with Crippen LogP contribution >= 0.6 is 11.8 Å². The molecule has 0 spiro atoms. The number of benzene rings is 1. The van der Waals surface area contributed by atoms with E-state index in [0.29, 0.717) is 28.2 Å². The van der Waals surface area contributed by atoms with Gasteiger partial charge in [-0.2, -0.15) is 0 Å². The molecule has 1 N–H and O–H groups in total. The highest BCUT2D eigenvalue weighted by atomic mass is 32.2. The molecular formula is C14H17N3O5S. The predicted octanol–water partition coefficient (Wildman–Crippen LogP) is 1.76. The van der Waals surface area contributed by atoms with Crippen LogP contribution in [-0.2, 0) is 9.53 Å². The number of H-pyrrole nitrogens is 1. The lowest BCUT2D eigenvalue weighted by atomic mass is 10.1. The van der Waals surface area contributed by atoms with Gasteiger partial charge in [0.1, 0.15) is 0 Å². The van der Waals surface area contributed by atoms with Crippen LogP contribution in [0.1, 0.15) is 0 Å². The summed E-state index contributed by atoms with van der Waals surface area (Å²) in [6, 6.07) is 3.52. The van der Waals surface area contributed by atoms with Crippen molar-refractivity contribution in [1.29, 1.82) is 0 Å². The van der Waals surface area contributed by atoms with Gasteiger partial charge in [-0.25, -0.2) is 4.98 Å². The van der Waals surface area contributed by atoms with Crippen LogP contribution in [0.2, 0.25) is 0 Å². The van der Waals surface area contributed by atoms with Crippen molar-refractivity contribution in [1.82, 2.24) is 15.2 Å². The second kappa shape index (κ2) is 7.73. The number of hydrogen-bond acceptors (Lipinski definition) is 8. The van der Waals surface area contributed by atoms with E-state index in [2.05, 4.69) is 19.9 Å². The van der Waals surface area contributed by atoms with Crippen molar-refractivity contribution in [3.8, 4) is 28.6 Å². The first-order valence-corrected chi connectivity index (χ1v) is 7.53. The van der Waals surface area contributed by atoms with Gasteiger partial charge in [0.25, 0.3) is 0 Å². The molecule has 0 atom stereocenters. The monoisotopic (exact) mass is 339 g/mol. The number of carbonyl (C=O) groups excluding carboxylic acids is 1. The van der Waals surface area contributed by atoms with Gasteiger partial charge in [-0.3, -0.25) is 9.89 Å². The Morgan fingerprint density at radius 1 is 1.13 bits per heavy atom. The Labute approximate surface area is 137 Å². The fourth-order valence-electron chi connectivity index (χ4n) is 1.84. The maximum Gasteiger partial charge on any atom is 0.316 e. The van der Waals surface area contributed by atoms with Crippen LogP contribution in [0.5, 0.6) is 17.2 Å². The molecule has 0 radical (unpaired) electrons. The van der Waals surface area contributed by atoms with Gasteiger partial charge in [0.05, 0.1) is 34.2 Å². The van der Waals surface area contributed by atoms with E-state index >= 15 is 0 Å². The van der Waals surface area contributed by atoms with Gasteiger partial charge in [0.2, 0.25) is 10.9 Å². The summed E-state index contributed by atoms with van der Waals surface area (Å²) in [4.78, 5) is 15.5. The van der Waals surface area contributed by atoms with Crippen LogP contribution in [0, 0.1) is 0 Å². The molecule has 9 heteroatoms. The third-order valence-electron chi connectivity index (χ3n) is 2.95. The Kier molecular flexibility index (Phi) is 5.69. The molecule has 2 aromatic rings. The first-order chi connectivity index (χ1) is 11.1. The molecule has 8 nitrogen and oxygen atoms in total. The lowest BCUT2D eigenvalue weighted by Gasteiger charge is -2.13. The van der Waals surface area contributed by atoms with Crippen LogP contribution in [0.15, 0.2) is 17.3 Å². The van der Waals surface area contributed by atoms with E-state index in [-0.39, 0.29) is 11.7 Å². The summed E-state index contributed by atoms with van der Waals surface area (Å²) in [7, 11) is 5.95. The third-order valence-corrected chi connectivity index (χ3v) is 3.77. The topological polar surface area (TPSA) is 95.6 Å². The molecule has 124 valence electrons. The number of aromatic amines is 1. The predicted molar refractivity (Wildman–Crippen MR) is 84.2 cm³/mol. The Balaban J connectivity index is 2.28. The maximum absolute atomic E-state index is 11.1. The number of rotatable bonds is 7. The van der Waals surface area contributed by atoms with E-state index in [1.807, 2.05) is 0 Å². The minimum Gasteiger partial charge on any atom is -0.493 e. The molecule has 0 aliphatic heterocycles. The van der Waals surface area contributed by atoms with E-state index in [1.54, 1.807) is 26.4 Å². The average molecular weight is 339 g/mol. The summed E-state index contributed by atoms with van der Waals surface area (Å²) < 4.78 is 20.5. The number of ether oxygens (including phenoxy) is 4. The Bertz CT molecular complexity index is 664. The molecule has 0 saturated carbocycles.